The average molecular weight is 204 g/mol. The van der Waals surface area contributed by atoms with E-state index in [0.29, 0.717) is 0 Å². The first-order valence-electron chi connectivity index (χ1n) is 3.09. The third-order valence-corrected chi connectivity index (χ3v) is 4.84. The highest BCUT2D eigenvalue weighted by molar-refractivity contribution is 7.94. The van der Waals surface area contributed by atoms with E-state index in [0.717, 1.165) is 11.3 Å². The predicted molar refractivity (Wildman–Crippen MR) is 42.4 cm³/mol. The van der Waals surface area contributed by atoms with Crippen molar-refractivity contribution in [3.63, 3.8) is 0 Å². The van der Waals surface area contributed by atoms with Gasteiger partial charge in [0.1, 0.15) is 15.7 Å². The van der Waals surface area contributed by atoms with Crippen molar-refractivity contribution in [2.45, 2.75) is 4.21 Å². The summed E-state index contributed by atoms with van der Waals surface area (Å²) in [4.78, 5) is 11.0. The molecule has 0 unspecified atom stereocenters. The Balaban J connectivity index is 2.85. The molecule has 0 atom stereocenters. The fourth-order valence-electron chi connectivity index (χ4n) is 1.13. The van der Waals surface area contributed by atoms with Gasteiger partial charge in [0.15, 0.2) is 15.6 Å². The number of rotatable bonds is 0. The second-order valence-electron chi connectivity index (χ2n) is 2.47. The Bertz CT molecular complexity index is 454. The Hall–Kier alpha value is -0.880. The highest BCUT2D eigenvalue weighted by Gasteiger charge is 2.37. The third-order valence-electron chi connectivity index (χ3n) is 1.62. The molecule has 4 nitrogen and oxygen atoms in total. The van der Waals surface area contributed by atoms with Crippen molar-refractivity contribution in [3.05, 3.63) is 10.9 Å². The van der Waals surface area contributed by atoms with Gasteiger partial charge in [-0.15, -0.1) is 11.3 Å². The molecule has 0 bridgehead atoms. The Morgan fingerprint density at radius 1 is 1.50 bits per heavy atom. The molecule has 0 radical (unpaired) electrons. The van der Waals surface area contributed by atoms with Gasteiger partial charge in [-0.2, -0.15) is 0 Å². The second-order valence-corrected chi connectivity index (χ2v) is 5.53. The lowest BCUT2D eigenvalue weighted by atomic mass is 10.2. The second kappa shape index (κ2) is 2.08. The summed E-state index contributed by atoms with van der Waals surface area (Å²) in [5.41, 5.74) is -0.0278. The van der Waals surface area contributed by atoms with Crippen molar-refractivity contribution >= 4 is 27.0 Å². The van der Waals surface area contributed by atoms with Crippen molar-refractivity contribution < 1.29 is 18.3 Å². The minimum Gasteiger partial charge on any atom is -0.506 e. The van der Waals surface area contributed by atoms with Crippen molar-refractivity contribution in [1.29, 1.82) is 0 Å². The van der Waals surface area contributed by atoms with E-state index >= 15 is 0 Å². The van der Waals surface area contributed by atoms with Crippen LogP contribution in [0.25, 0.3) is 0 Å². The van der Waals surface area contributed by atoms with Crippen LogP contribution in [0.4, 0.5) is 0 Å². The predicted octanol–water partition coefficient (Wildman–Crippen LogP) is 0.424. The van der Waals surface area contributed by atoms with Crippen LogP contribution >= 0.6 is 11.3 Å². The zero-order valence-corrected chi connectivity index (χ0v) is 7.41. The van der Waals surface area contributed by atoms with Gasteiger partial charge in [0.2, 0.25) is 0 Å². The lowest BCUT2D eigenvalue weighted by Gasteiger charge is -1.85. The minimum absolute atomic E-state index is 0.00463. The molecule has 2 rings (SSSR count). The largest absolute Gasteiger partial charge is 0.506 e. The lowest BCUT2D eigenvalue weighted by Crippen LogP contribution is -2.03. The van der Waals surface area contributed by atoms with Crippen molar-refractivity contribution in [2.75, 3.05) is 5.75 Å². The molecule has 0 saturated carbocycles. The topological polar surface area (TPSA) is 71.4 Å². The standard InChI is InChI=1S/C6H4O4S2/c7-3-1-11-6-5(3)4(8)2-12(6,9)10/h1,7H,2H2. The van der Waals surface area contributed by atoms with E-state index < -0.39 is 21.4 Å². The van der Waals surface area contributed by atoms with Crippen LogP contribution in [0.15, 0.2) is 9.59 Å². The molecule has 1 aromatic heterocycles. The number of hydrogen-bond acceptors (Lipinski definition) is 5. The first kappa shape index (κ1) is 7.75. The summed E-state index contributed by atoms with van der Waals surface area (Å²) in [7, 11) is -3.42. The van der Waals surface area contributed by atoms with Crippen molar-refractivity contribution in [3.8, 4) is 5.75 Å². The molecule has 64 valence electrons. The molecule has 0 fully saturated rings. The summed E-state index contributed by atoms with van der Waals surface area (Å²) in [5, 5.41) is 10.4. The molecular formula is C6H4O4S2. The number of carbonyl (C=O) groups excluding carboxylic acids is 1. The van der Waals surface area contributed by atoms with Gasteiger partial charge in [-0.3, -0.25) is 4.79 Å². The van der Waals surface area contributed by atoms with Gasteiger partial charge in [-0.25, -0.2) is 8.42 Å². The first-order chi connectivity index (χ1) is 5.52. The molecule has 2 heterocycles. The number of aromatic hydroxyl groups is 1. The van der Waals surface area contributed by atoms with Crippen LogP contribution in [0, 0.1) is 0 Å². The molecular weight excluding hydrogens is 200 g/mol. The van der Waals surface area contributed by atoms with Crippen LogP contribution in [0.2, 0.25) is 0 Å². The van der Waals surface area contributed by atoms with Gasteiger partial charge >= 0.3 is 0 Å². The molecule has 0 spiro atoms. The monoisotopic (exact) mass is 204 g/mol. The molecule has 12 heavy (non-hydrogen) atoms. The Kier molecular flexibility index (Phi) is 1.34. The third kappa shape index (κ3) is 0.818. The summed E-state index contributed by atoms with van der Waals surface area (Å²) in [5.74, 6) is -1.23. The van der Waals surface area contributed by atoms with Crippen LogP contribution in [-0.4, -0.2) is 25.1 Å². The Morgan fingerprint density at radius 3 is 2.75 bits per heavy atom. The molecule has 6 heteroatoms. The molecule has 0 saturated heterocycles. The van der Waals surface area contributed by atoms with Crippen LogP contribution in [0.5, 0.6) is 5.75 Å². The number of ketones is 1. The van der Waals surface area contributed by atoms with Gasteiger partial charge < -0.3 is 5.11 Å². The van der Waals surface area contributed by atoms with Crippen LogP contribution < -0.4 is 0 Å². The van der Waals surface area contributed by atoms with Gasteiger partial charge in [-0.1, -0.05) is 0 Å². The highest BCUT2D eigenvalue weighted by Crippen LogP contribution is 2.37. The SMILES string of the molecule is O=C1CS(=O)(=O)c2scc(O)c21. The average Bonchev–Trinajstić information content (AvgIpc) is 2.38. The minimum atomic E-state index is -3.42. The van der Waals surface area contributed by atoms with Crippen molar-refractivity contribution in [1.82, 2.24) is 0 Å². The number of hydrogen-bond donors (Lipinski definition) is 1. The Labute approximate surface area is 72.4 Å². The van der Waals surface area contributed by atoms with Crippen molar-refractivity contribution in [2.24, 2.45) is 0 Å². The summed E-state index contributed by atoms with van der Waals surface area (Å²) in [6.45, 7) is 0. The van der Waals surface area contributed by atoms with Gasteiger partial charge in [-0.05, 0) is 0 Å². The first-order valence-corrected chi connectivity index (χ1v) is 5.62. The molecule has 0 amide bonds. The quantitative estimate of drug-likeness (QED) is 0.665. The molecule has 1 aliphatic heterocycles. The molecule has 0 aliphatic carbocycles. The van der Waals surface area contributed by atoms with E-state index in [1.807, 2.05) is 0 Å². The number of Topliss-reactive ketones (excluding diaryl/α,β-unsaturated/α-hetero) is 1. The number of thiophene rings is 1. The molecule has 0 aromatic carbocycles. The zero-order valence-electron chi connectivity index (χ0n) is 5.77. The summed E-state index contributed by atoms with van der Waals surface area (Å²) in [6.07, 6.45) is 0. The van der Waals surface area contributed by atoms with E-state index in [4.69, 9.17) is 5.11 Å². The molecule has 1 aromatic rings. The van der Waals surface area contributed by atoms with Gasteiger partial charge in [0.25, 0.3) is 0 Å². The van der Waals surface area contributed by atoms with E-state index in [1.165, 1.54) is 5.38 Å². The van der Waals surface area contributed by atoms with E-state index in [-0.39, 0.29) is 15.5 Å². The summed E-state index contributed by atoms with van der Waals surface area (Å²) in [6, 6.07) is 0. The number of fused-ring (bicyclic) bond motifs is 1. The maximum absolute atomic E-state index is 11.2. The Morgan fingerprint density at radius 2 is 2.17 bits per heavy atom. The fourth-order valence-corrected chi connectivity index (χ4v) is 3.86. The number of carbonyl (C=O) groups is 1. The van der Waals surface area contributed by atoms with E-state index in [1.54, 1.807) is 0 Å². The van der Waals surface area contributed by atoms with Crippen LogP contribution in [0.3, 0.4) is 0 Å². The molecule has 1 aliphatic rings. The maximum Gasteiger partial charge on any atom is 0.196 e. The molecule has 1 N–H and O–H groups in total. The highest BCUT2D eigenvalue weighted by atomic mass is 32.2. The van der Waals surface area contributed by atoms with Crippen LogP contribution in [-0.2, 0) is 9.84 Å². The van der Waals surface area contributed by atoms with Crippen LogP contribution in [0.1, 0.15) is 10.4 Å². The maximum atomic E-state index is 11.2. The van der Waals surface area contributed by atoms with E-state index in [2.05, 4.69) is 0 Å². The summed E-state index contributed by atoms with van der Waals surface area (Å²) >= 11 is 0.891. The van der Waals surface area contributed by atoms with E-state index in [9.17, 15) is 13.2 Å². The van der Waals surface area contributed by atoms with Gasteiger partial charge in [0, 0.05) is 5.38 Å². The smallest absolute Gasteiger partial charge is 0.196 e. The lowest BCUT2D eigenvalue weighted by molar-refractivity contribution is 0.102. The summed E-state index contributed by atoms with van der Waals surface area (Å²) < 4.78 is 22.3. The zero-order chi connectivity index (χ0) is 8.93. The number of sulfone groups is 1. The van der Waals surface area contributed by atoms with Gasteiger partial charge in [0.05, 0.1) is 5.56 Å². The fraction of sp³-hybridized carbons (Fsp3) is 0.167. The normalized spacial score (nSPS) is 19.5.